The van der Waals surface area contributed by atoms with Crippen molar-refractivity contribution in [1.29, 1.82) is 0 Å². The number of ether oxygens (including phenoxy) is 3. The highest BCUT2D eigenvalue weighted by Gasteiger charge is 2.16. The lowest BCUT2D eigenvalue weighted by Gasteiger charge is -2.25. The van der Waals surface area contributed by atoms with Crippen molar-refractivity contribution in [3.8, 4) is 0 Å². The second kappa shape index (κ2) is 31.8. The van der Waals surface area contributed by atoms with Gasteiger partial charge in [-0.2, -0.15) is 0 Å². The third-order valence-corrected chi connectivity index (χ3v) is 5.75. The van der Waals surface area contributed by atoms with Crippen molar-refractivity contribution in [1.82, 2.24) is 0 Å². The van der Waals surface area contributed by atoms with E-state index < -0.39 is 0 Å². The van der Waals surface area contributed by atoms with Gasteiger partial charge in [0, 0.05) is 0 Å². The largest absolute Gasteiger partial charge is 0.394 e. The molecule has 0 rings (SSSR count). The molecular formula is C28H60O5. The Morgan fingerprint density at radius 3 is 1.15 bits per heavy atom. The summed E-state index contributed by atoms with van der Waals surface area (Å²) in [5, 5.41) is 16.5. The van der Waals surface area contributed by atoms with Gasteiger partial charge in [-0.1, -0.05) is 105 Å². The van der Waals surface area contributed by atoms with E-state index in [-0.39, 0.29) is 13.2 Å². The van der Waals surface area contributed by atoms with E-state index in [1.807, 2.05) is 0 Å². The highest BCUT2D eigenvalue weighted by Crippen LogP contribution is 2.21. The van der Waals surface area contributed by atoms with E-state index in [2.05, 4.69) is 27.7 Å². The van der Waals surface area contributed by atoms with Crippen molar-refractivity contribution in [2.24, 2.45) is 0 Å². The molecule has 0 aliphatic heterocycles. The zero-order valence-corrected chi connectivity index (χ0v) is 22.8. The van der Waals surface area contributed by atoms with E-state index >= 15 is 0 Å². The van der Waals surface area contributed by atoms with Gasteiger partial charge in [0.2, 0.25) is 0 Å². The Bertz CT molecular complexity index is 297. The summed E-state index contributed by atoms with van der Waals surface area (Å²) >= 11 is 0. The Hall–Kier alpha value is -0.200. The first-order chi connectivity index (χ1) is 16.2. The topological polar surface area (TPSA) is 68.2 Å². The molecule has 0 heterocycles. The third-order valence-electron chi connectivity index (χ3n) is 5.75. The van der Waals surface area contributed by atoms with Gasteiger partial charge in [0.15, 0.2) is 0 Å². The smallest absolute Gasteiger partial charge is 0.0701 e. The van der Waals surface area contributed by atoms with Crippen LogP contribution in [0.25, 0.3) is 0 Å². The number of unbranched alkanes of at least 4 members (excludes halogenated alkanes) is 8. The van der Waals surface area contributed by atoms with Gasteiger partial charge in [-0.3, -0.25) is 0 Å². The maximum Gasteiger partial charge on any atom is 0.0701 e. The van der Waals surface area contributed by atoms with Crippen molar-refractivity contribution in [3.63, 3.8) is 0 Å². The lowest BCUT2D eigenvalue weighted by atomic mass is 10.0. The molecule has 0 aliphatic carbocycles. The van der Waals surface area contributed by atoms with Crippen LogP contribution in [0.2, 0.25) is 0 Å². The predicted octanol–water partition coefficient (Wildman–Crippen LogP) is 7.07. The fourth-order valence-corrected chi connectivity index (χ4v) is 3.75. The van der Waals surface area contributed by atoms with Gasteiger partial charge < -0.3 is 24.4 Å². The second-order valence-corrected chi connectivity index (χ2v) is 9.04. The minimum absolute atomic E-state index is 0.0417. The predicted molar refractivity (Wildman–Crippen MR) is 141 cm³/mol. The average molecular weight is 477 g/mol. The summed E-state index contributed by atoms with van der Waals surface area (Å²) in [6.45, 7) is 10.9. The first-order valence-electron chi connectivity index (χ1n) is 14.2. The van der Waals surface area contributed by atoms with Gasteiger partial charge in [0.1, 0.15) is 0 Å². The molecule has 5 heteroatoms. The SMILES string of the molecule is CCCCCCC(CCCC)OC(CCCC)CCCCCC.OCCOCCOCCO. The summed E-state index contributed by atoms with van der Waals surface area (Å²) in [6.07, 6.45) is 22.4. The van der Waals surface area contributed by atoms with Crippen molar-refractivity contribution in [2.75, 3.05) is 39.6 Å². The van der Waals surface area contributed by atoms with Gasteiger partial charge in [-0.05, 0) is 25.7 Å². The van der Waals surface area contributed by atoms with Crippen LogP contribution in [0.3, 0.4) is 0 Å². The van der Waals surface area contributed by atoms with E-state index in [4.69, 9.17) is 24.4 Å². The Morgan fingerprint density at radius 2 is 0.818 bits per heavy atom. The zero-order chi connectivity index (χ0) is 24.8. The fourth-order valence-electron chi connectivity index (χ4n) is 3.75. The van der Waals surface area contributed by atoms with Gasteiger partial charge in [0.25, 0.3) is 0 Å². The average Bonchev–Trinajstić information content (AvgIpc) is 2.83. The van der Waals surface area contributed by atoms with Crippen molar-refractivity contribution >= 4 is 0 Å². The molecule has 0 amide bonds. The maximum atomic E-state index is 8.26. The molecule has 0 aromatic heterocycles. The quantitative estimate of drug-likeness (QED) is 0.138. The number of rotatable bonds is 25. The molecule has 0 saturated carbocycles. The Morgan fingerprint density at radius 1 is 0.455 bits per heavy atom. The van der Waals surface area contributed by atoms with Crippen molar-refractivity contribution in [2.45, 2.75) is 143 Å². The van der Waals surface area contributed by atoms with Crippen molar-refractivity contribution in [3.05, 3.63) is 0 Å². The van der Waals surface area contributed by atoms with Crippen LogP contribution in [0.4, 0.5) is 0 Å². The second-order valence-electron chi connectivity index (χ2n) is 9.04. The molecule has 2 atom stereocenters. The lowest BCUT2D eigenvalue weighted by molar-refractivity contribution is -0.0320. The van der Waals surface area contributed by atoms with Gasteiger partial charge in [0.05, 0.1) is 51.8 Å². The number of hydrogen-bond donors (Lipinski definition) is 2. The molecule has 0 bridgehead atoms. The summed E-state index contributed by atoms with van der Waals surface area (Å²) in [6, 6.07) is 0. The zero-order valence-electron chi connectivity index (χ0n) is 22.8. The Labute approximate surface area is 207 Å². The van der Waals surface area contributed by atoms with E-state index in [9.17, 15) is 0 Å². The standard InChI is InChI=1S/C22H46O.C6H14O4/c1-5-9-13-15-19-21(17-11-7-3)23-22(18-12-8-4)20-16-14-10-6-2;7-1-3-9-5-6-10-4-2-8/h21-22H,5-20H2,1-4H3;7-8H,1-6H2. The summed E-state index contributed by atoms with van der Waals surface area (Å²) in [4.78, 5) is 0. The van der Waals surface area contributed by atoms with E-state index in [1.54, 1.807) is 0 Å². The van der Waals surface area contributed by atoms with Crippen LogP contribution in [0.5, 0.6) is 0 Å². The van der Waals surface area contributed by atoms with Gasteiger partial charge in [-0.15, -0.1) is 0 Å². The molecule has 2 N–H and O–H groups in total. The normalized spacial score (nSPS) is 12.9. The molecule has 202 valence electrons. The number of aliphatic hydroxyl groups is 2. The van der Waals surface area contributed by atoms with E-state index in [1.165, 1.54) is 103 Å². The molecule has 33 heavy (non-hydrogen) atoms. The van der Waals surface area contributed by atoms with Crippen LogP contribution in [0.1, 0.15) is 130 Å². The first kappa shape index (κ1) is 35.0. The molecule has 0 aromatic carbocycles. The number of aliphatic hydroxyl groups excluding tert-OH is 2. The molecule has 0 aromatic rings. The first-order valence-corrected chi connectivity index (χ1v) is 14.2. The molecule has 0 spiro atoms. The van der Waals surface area contributed by atoms with Crippen LogP contribution < -0.4 is 0 Å². The minimum atomic E-state index is 0.0417. The van der Waals surface area contributed by atoms with Crippen LogP contribution in [0.15, 0.2) is 0 Å². The van der Waals surface area contributed by atoms with Gasteiger partial charge >= 0.3 is 0 Å². The Kier molecular flexibility index (Phi) is 33.7. The molecule has 2 unspecified atom stereocenters. The summed E-state index contributed by atoms with van der Waals surface area (Å²) in [5.74, 6) is 0. The lowest BCUT2D eigenvalue weighted by Crippen LogP contribution is -2.23. The van der Waals surface area contributed by atoms with E-state index in [0.29, 0.717) is 38.6 Å². The molecule has 0 fully saturated rings. The Balaban J connectivity index is 0. The van der Waals surface area contributed by atoms with E-state index in [0.717, 1.165) is 0 Å². The number of hydrogen-bond acceptors (Lipinski definition) is 5. The minimum Gasteiger partial charge on any atom is -0.394 e. The molecular weight excluding hydrogens is 416 g/mol. The maximum absolute atomic E-state index is 8.26. The van der Waals surface area contributed by atoms with Crippen molar-refractivity contribution < 1.29 is 24.4 Å². The molecule has 0 saturated heterocycles. The summed E-state index contributed by atoms with van der Waals surface area (Å²) in [7, 11) is 0. The third kappa shape index (κ3) is 29.8. The van der Waals surface area contributed by atoms with Crippen LogP contribution >= 0.6 is 0 Å². The monoisotopic (exact) mass is 476 g/mol. The summed E-state index contributed by atoms with van der Waals surface area (Å²) in [5.41, 5.74) is 0. The fraction of sp³-hybridized carbons (Fsp3) is 1.00. The van der Waals surface area contributed by atoms with Crippen LogP contribution in [0, 0.1) is 0 Å². The highest BCUT2D eigenvalue weighted by molar-refractivity contribution is 4.66. The van der Waals surface area contributed by atoms with Crippen LogP contribution in [-0.4, -0.2) is 62.1 Å². The highest BCUT2D eigenvalue weighted by atomic mass is 16.5. The molecule has 0 aliphatic rings. The van der Waals surface area contributed by atoms with Gasteiger partial charge in [-0.25, -0.2) is 0 Å². The molecule has 5 nitrogen and oxygen atoms in total. The van der Waals surface area contributed by atoms with Crippen LogP contribution in [-0.2, 0) is 14.2 Å². The summed E-state index contributed by atoms with van der Waals surface area (Å²) < 4.78 is 16.4. The molecule has 0 radical (unpaired) electrons.